The van der Waals surface area contributed by atoms with E-state index in [4.69, 9.17) is 9.47 Å². The fourth-order valence-corrected chi connectivity index (χ4v) is 6.99. The second-order valence-corrected chi connectivity index (χ2v) is 12.5. The first-order chi connectivity index (χ1) is 19.0. The molecule has 0 unspecified atom stereocenters. The summed E-state index contributed by atoms with van der Waals surface area (Å²) in [5, 5.41) is 2.89. The molecule has 0 radical (unpaired) electrons. The average molecular weight is 575 g/mol. The molecule has 1 heterocycles. The van der Waals surface area contributed by atoms with Crippen molar-refractivity contribution in [3.05, 3.63) is 41.5 Å². The number of sulfonamides is 1. The molecule has 0 spiro atoms. The second kappa shape index (κ2) is 14.2. The normalized spacial score (nSPS) is 14.6. The van der Waals surface area contributed by atoms with Gasteiger partial charge in [0.1, 0.15) is 11.5 Å². The molecular formula is C30H46N4O5S. The zero-order valence-electron chi connectivity index (χ0n) is 25.1. The van der Waals surface area contributed by atoms with Gasteiger partial charge >= 0.3 is 0 Å². The van der Waals surface area contributed by atoms with Crippen LogP contribution in [0, 0.1) is 19.8 Å². The number of nitrogens with zero attached hydrogens (tertiary/aromatic N) is 3. The third-order valence-corrected chi connectivity index (χ3v) is 9.98. The predicted octanol–water partition coefficient (Wildman–Crippen LogP) is 4.53. The smallest absolute Gasteiger partial charge is 0.243 e. The van der Waals surface area contributed by atoms with E-state index in [1.165, 1.54) is 11.4 Å². The Morgan fingerprint density at radius 3 is 2.20 bits per heavy atom. The Hall–Kier alpha value is -2.82. The van der Waals surface area contributed by atoms with Gasteiger partial charge in [-0.1, -0.05) is 13.8 Å². The molecule has 10 heteroatoms. The van der Waals surface area contributed by atoms with Crippen molar-refractivity contribution in [3.8, 4) is 11.5 Å². The number of piperidine rings is 1. The fourth-order valence-electron chi connectivity index (χ4n) is 5.41. The third-order valence-electron chi connectivity index (χ3n) is 7.82. The molecule has 0 bridgehead atoms. The molecular weight excluding hydrogens is 528 g/mol. The summed E-state index contributed by atoms with van der Waals surface area (Å²) >= 11 is 0. The van der Waals surface area contributed by atoms with Crippen LogP contribution in [0.4, 0.5) is 11.4 Å². The van der Waals surface area contributed by atoms with Gasteiger partial charge in [-0.3, -0.25) is 4.79 Å². The van der Waals surface area contributed by atoms with Crippen LogP contribution in [0.1, 0.15) is 44.2 Å². The molecule has 1 fully saturated rings. The van der Waals surface area contributed by atoms with Gasteiger partial charge in [0.2, 0.25) is 15.9 Å². The summed E-state index contributed by atoms with van der Waals surface area (Å²) in [7, 11) is 0.916. The number of ether oxygens (including phenoxy) is 2. The molecule has 0 saturated carbocycles. The number of hydrogen-bond acceptors (Lipinski definition) is 7. The van der Waals surface area contributed by atoms with E-state index in [2.05, 4.69) is 29.0 Å². The lowest BCUT2D eigenvalue weighted by Crippen LogP contribution is -2.38. The van der Waals surface area contributed by atoms with Gasteiger partial charge in [0.05, 0.1) is 24.8 Å². The highest BCUT2D eigenvalue weighted by atomic mass is 32.2. The molecule has 222 valence electrons. The molecule has 0 atom stereocenters. The van der Waals surface area contributed by atoms with E-state index < -0.39 is 10.0 Å². The lowest BCUT2D eigenvalue weighted by atomic mass is 9.95. The van der Waals surface area contributed by atoms with E-state index in [1.807, 2.05) is 18.2 Å². The maximum atomic E-state index is 13.2. The molecule has 1 aliphatic rings. The molecule has 9 nitrogen and oxygen atoms in total. The predicted molar refractivity (Wildman–Crippen MR) is 161 cm³/mol. The van der Waals surface area contributed by atoms with Crippen LogP contribution in [0.15, 0.2) is 35.2 Å². The first-order valence-corrected chi connectivity index (χ1v) is 15.5. The van der Waals surface area contributed by atoms with E-state index in [1.54, 1.807) is 40.2 Å². The number of hydrogen-bond donors (Lipinski definition) is 1. The zero-order chi connectivity index (χ0) is 29.4. The van der Waals surface area contributed by atoms with Gasteiger partial charge < -0.3 is 24.6 Å². The summed E-state index contributed by atoms with van der Waals surface area (Å²) in [6, 6.07) is 9.10. The fraction of sp³-hybridized carbons (Fsp3) is 0.567. The number of amides is 1. The highest BCUT2D eigenvalue weighted by Crippen LogP contribution is 2.34. The van der Waals surface area contributed by atoms with Crippen LogP contribution in [-0.2, 0) is 14.8 Å². The summed E-state index contributed by atoms with van der Waals surface area (Å²) in [5.74, 6) is 1.76. The number of nitrogens with one attached hydrogen (secondary N) is 1. The first-order valence-electron chi connectivity index (χ1n) is 14.1. The molecule has 0 aromatic heterocycles. The van der Waals surface area contributed by atoms with Crippen LogP contribution in [0.3, 0.4) is 0 Å². The lowest BCUT2D eigenvalue weighted by Gasteiger charge is -2.36. The molecule has 3 rings (SSSR count). The Kier molecular flexibility index (Phi) is 11.2. The highest BCUT2D eigenvalue weighted by molar-refractivity contribution is 7.89. The molecule has 1 aliphatic heterocycles. The Morgan fingerprint density at radius 2 is 1.65 bits per heavy atom. The standard InChI is InChI=1S/C30H46N4O5S/c1-8-33(9-2)21-24-12-16-34(17-13-24)27-11-10-25(20-28(27)39-7)31-29(35)14-15-32(5)40(36,37)30-22(3)18-26(38-6)19-23(30)4/h10-11,18-20,24H,8-9,12-17,21H2,1-7H3,(H,31,35). The van der Waals surface area contributed by atoms with E-state index in [0.717, 1.165) is 51.3 Å². The SMILES string of the molecule is CCN(CC)CC1CCN(c2ccc(NC(=O)CCN(C)S(=O)(=O)c3c(C)cc(OC)cc3C)cc2OC)CC1. The summed E-state index contributed by atoms with van der Waals surface area (Å²) in [4.78, 5) is 17.8. The van der Waals surface area contributed by atoms with E-state index in [-0.39, 0.29) is 23.8 Å². The Bertz CT molecular complexity index is 1230. The molecule has 2 aromatic carbocycles. The number of anilines is 2. The molecule has 0 aliphatic carbocycles. The Morgan fingerprint density at radius 1 is 1.02 bits per heavy atom. The van der Waals surface area contributed by atoms with E-state index in [9.17, 15) is 13.2 Å². The van der Waals surface area contributed by atoms with Crippen molar-refractivity contribution in [1.29, 1.82) is 0 Å². The largest absolute Gasteiger partial charge is 0.497 e. The number of rotatable bonds is 13. The van der Waals surface area contributed by atoms with Gasteiger partial charge in [-0.25, -0.2) is 12.7 Å². The van der Waals surface area contributed by atoms with Crippen molar-refractivity contribution in [2.75, 3.05) is 70.8 Å². The van der Waals surface area contributed by atoms with E-state index >= 15 is 0 Å². The quantitative estimate of drug-likeness (QED) is 0.376. The van der Waals surface area contributed by atoms with Crippen LogP contribution >= 0.6 is 0 Å². The summed E-state index contributed by atoms with van der Waals surface area (Å²) in [6.07, 6.45) is 2.31. The summed E-state index contributed by atoms with van der Waals surface area (Å²) < 4.78 is 38.6. The van der Waals surface area contributed by atoms with Gasteiger partial charge in [0, 0.05) is 51.4 Å². The molecule has 2 aromatic rings. The van der Waals surface area contributed by atoms with Gasteiger partial charge in [-0.15, -0.1) is 0 Å². The third kappa shape index (κ3) is 7.67. The minimum absolute atomic E-state index is 0.0219. The molecule has 1 saturated heterocycles. The van der Waals surface area contributed by atoms with Crippen LogP contribution < -0.4 is 19.7 Å². The molecule has 40 heavy (non-hydrogen) atoms. The number of aryl methyl sites for hydroxylation is 2. The van der Waals surface area contributed by atoms with Gasteiger partial charge in [0.15, 0.2) is 0 Å². The van der Waals surface area contributed by atoms with Crippen LogP contribution in [-0.4, -0.2) is 84.1 Å². The molecule has 1 N–H and O–H groups in total. The van der Waals surface area contributed by atoms with Crippen molar-refractivity contribution in [2.45, 2.75) is 51.9 Å². The van der Waals surface area contributed by atoms with Crippen LogP contribution in [0.2, 0.25) is 0 Å². The second-order valence-electron chi connectivity index (χ2n) is 10.5. The van der Waals surface area contributed by atoms with Crippen molar-refractivity contribution >= 4 is 27.3 Å². The van der Waals surface area contributed by atoms with Gasteiger partial charge in [-0.2, -0.15) is 0 Å². The highest BCUT2D eigenvalue weighted by Gasteiger charge is 2.26. The minimum atomic E-state index is -3.77. The van der Waals surface area contributed by atoms with Crippen LogP contribution in [0.25, 0.3) is 0 Å². The number of carbonyl (C=O) groups excluding carboxylic acids is 1. The van der Waals surface area contributed by atoms with Crippen molar-refractivity contribution in [2.24, 2.45) is 5.92 Å². The minimum Gasteiger partial charge on any atom is -0.497 e. The van der Waals surface area contributed by atoms with Crippen molar-refractivity contribution in [3.63, 3.8) is 0 Å². The number of methoxy groups -OCH3 is 2. The number of carbonyl (C=O) groups is 1. The van der Waals surface area contributed by atoms with Gasteiger partial charge in [-0.05, 0) is 81.1 Å². The van der Waals surface area contributed by atoms with Crippen LogP contribution in [0.5, 0.6) is 11.5 Å². The maximum absolute atomic E-state index is 13.2. The Balaban J connectivity index is 1.59. The van der Waals surface area contributed by atoms with Crippen molar-refractivity contribution in [1.82, 2.24) is 9.21 Å². The first kappa shape index (κ1) is 31.7. The maximum Gasteiger partial charge on any atom is 0.243 e. The lowest BCUT2D eigenvalue weighted by molar-refractivity contribution is -0.116. The zero-order valence-corrected chi connectivity index (χ0v) is 25.9. The topological polar surface area (TPSA) is 91.4 Å². The summed E-state index contributed by atoms with van der Waals surface area (Å²) in [6.45, 7) is 13.3. The van der Waals surface area contributed by atoms with Gasteiger partial charge in [0.25, 0.3) is 0 Å². The molecule has 1 amide bonds. The van der Waals surface area contributed by atoms with E-state index in [0.29, 0.717) is 34.2 Å². The van der Waals surface area contributed by atoms with Crippen molar-refractivity contribution < 1.29 is 22.7 Å². The average Bonchev–Trinajstić information content (AvgIpc) is 2.94. The summed E-state index contributed by atoms with van der Waals surface area (Å²) in [5.41, 5.74) is 2.86. The monoisotopic (exact) mass is 574 g/mol. The Labute approximate surface area is 240 Å². The number of benzene rings is 2.